The predicted octanol–water partition coefficient (Wildman–Crippen LogP) is 3.63. The van der Waals surface area contributed by atoms with Gasteiger partial charge in [-0.1, -0.05) is 36.1 Å². The molecule has 3 rings (SSSR count). The van der Waals surface area contributed by atoms with Crippen LogP contribution in [-0.4, -0.2) is 23.6 Å². The van der Waals surface area contributed by atoms with E-state index >= 15 is 0 Å². The van der Waals surface area contributed by atoms with Crippen molar-refractivity contribution in [1.82, 2.24) is 9.97 Å². The van der Waals surface area contributed by atoms with Crippen molar-refractivity contribution in [3.8, 4) is 11.8 Å². The van der Waals surface area contributed by atoms with Crippen LogP contribution in [0.25, 0.3) is 10.9 Å². The fraction of sp³-hybridized carbons (Fsp3) is 0.200. The van der Waals surface area contributed by atoms with Gasteiger partial charge in [-0.05, 0) is 29.8 Å². The summed E-state index contributed by atoms with van der Waals surface area (Å²) >= 11 is 0. The van der Waals surface area contributed by atoms with E-state index in [2.05, 4.69) is 33.2 Å². The van der Waals surface area contributed by atoms with Gasteiger partial charge in [-0.2, -0.15) is 0 Å². The van der Waals surface area contributed by atoms with E-state index < -0.39 is 0 Å². The highest BCUT2D eigenvalue weighted by Gasteiger charge is 2.00. The number of anilines is 1. The van der Waals surface area contributed by atoms with Gasteiger partial charge in [0.1, 0.15) is 12.1 Å². The number of fused-ring (bicyclic) bond motifs is 1. The zero-order valence-corrected chi connectivity index (χ0v) is 13.6. The van der Waals surface area contributed by atoms with Crippen molar-refractivity contribution in [2.75, 3.05) is 19.0 Å². The number of nitrogens with zero attached hydrogens (tertiary/aromatic N) is 2. The van der Waals surface area contributed by atoms with Crippen LogP contribution in [0.3, 0.4) is 0 Å². The molecular formula is C20H19N3O. The lowest BCUT2D eigenvalue weighted by Gasteiger charge is -2.06. The van der Waals surface area contributed by atoms with E-state index in [1.807, 2.05) is 42.5 Å². The second-order valence-electron chi connectivity index (χ2n) is 5.35. The number of benzene rings is 2. The smallest absolute Gasteiger partial charge is 0.137 e. The molecule has 0 fully saturated rings. The van der Waals surface area contributed by atoms with Gasteiger partial charge in [0.25, 0.3) is 0 Å². The summed E-state index contributed by atoms with van der Waals surface area (Å²) in [6, 6.07) is 16.1. The minimum atomic E-state index is 0.609. The van der Waals surface area contributed by atoms with Gasteiger partial charge < -0.3 is 10.1 Å². The molecule has 0 saturated heterocycles. The molecule has 0 aliphatic rings. The van der Waals surface area contributed by atoms with E-state index in [0.717, 1.165) is 40.8 Å². The van der Waals surface area contributed by atoms with E-state index in [9.17, 15) is 0 Å². The molecule has 0 radical (unpaired) electrons. The summed E-state index contributed by atoms with van der Waals surface area (Å²) in [6.07, 6.45) is 2.32. The molecule has 0 aliphatic heterocycles. The van der Waals surface area contributed by atoms with Crippen LogP contribution >= 0.6 is 0 Å². The van der Waals surface area contributed by atoms with Crippen molar-refractivity contribution >= 4 is 16.7 Å². The summed E-state index contributed by atoms with van der Waals surface area (Å²) in [5.41, 5.74) is 3.09. The predicted molar refractivity (Wildman–Crippen MR) is 96.7 cm³/mol. The molecule has 3 aromatic rings. The SMILES string of the molecule is COCc1cccc(C#CCCNc2ncnc3ccccc23)c1. The molecule has 0 amide bonds. The molecule has 1 N–H and O–H groups in total. The summed E-state index contributed by atoms with van der Waals surface area (Å²) < 4.78 is 5.14. The highest BCUT2D eigenvalue weighted by Crippen LogP contribution is 2.17. The Labute approximate surface area is 141 Å². The summed E-state index contributed by atoms with van der Waals surface area (Å²) in [7, 11) is 1.70. The monoisotopic (exact) mass is 317 g/mol. The lowest BCUT2D eigenvalue weighted by atomic mass is 10.1. The number of nitrogens with one attached hydrogen (secondary N) is 1. The first-order chi connectivity index (χ1) is 11.9. The van der Waals surface area contributed by atoms with Crippen LogP contribution in [0.15, 0.2) is 54.9 Å². The third-order valence-corrected chi connectivity index (χ3v) is 3.56. The molecule has 24 heavy (non-hydrogen) atoms. The Balaban J connectivity index is 1.58. The number of hydrogen-bond donors (Lipinski definition) is 1. The number of hydrogen-bond acceptors (Lipinski definition) is 4. The van der Waals surface area contributed by atoms with Gasteiger partial charge >= 0.3 is 0 Å². The molecule has 0 aliphatic carbocycles. The zero-order valence-electron chi connectivity index (χ0n) is 13.6. The minimum absolute atomic E-state index is 0.609. The Bertz CT molecular complexity index is 875. The fourth-order valence-corrected chi connectivity index (χ4v) is 2.46. The number of para-hydroxylation sites is 1. The topological polar surface area (TPSA) is 47.0 Å². The highest BCUT2D eigenvalue weighted by atomic mass is 16.5. The van der Waals surface area contributed by atoms with Gasteiger partial charge in [-0.25, -0.2) is 9.97 Å². The van der Waals surface area contributed by atoms with Crippen LogP contribution in [-0.2, 0) is 11.3 Å². The van der Waals surface area contributed by atoms with Crippen LogP contribution in [0.1, 0.15) is 17.5 Å². The third kappa shape index (κ3) is 4.09. The highest BCUT2D eigenvalue weighted by molar-refractivity contribution is 5.88. The van der Waals surface area contributed by atoms with Gasteiger partial charge in [-0.3, -0.25) is 0 Å². The van der Waals surface area contributed by atoms with Crippen LogP contribution in [0.2, 0.25) is 0 Å². The molecule has 2 aromatic carbocycles. The average molecular weight is 317 g/mol. The molecule has 0 spiro atoms. The summed E-state index contributed by atoms with van der Waals surface area (Å²) in [5.74, 6) is 7.23. The van der Waals surface area contributed by atoms with Crippen LogP contribution in [0, 0.1) is 11.8 Å². The molecule has 1 aromatic heterocycles. The van der Waals surface area contributed by atoms with Crippen molar-refractivity contribution in [3.05, 3.63) is 66.0 Å². The lowest BCUT2D eigenvalue weighted by molar-refractivity contribution is 0.185. The van der Waals surface area contributed by atoms with Crippen molar-refractivity contribution in [2.24, 2.45) is 0 Å². The maximum absolute atomic E-state index is 5.14. The van der Waals surface area contributed by atoms with Gasteiger partial charge in [0, 0.05) is 31.0 Å². The second-order valence-corrected chi connectivity index (χ2v) is 5.35. The van der Waals surface area contributed by atoms with E-state index in [1.54, 1.807) is 13.4 Å². The Kier molecular flexibility index (Phi) is 5.39. The molecule has 0 unspecified atom stereocenters. The van der Waals surface area contributed by atoms with Crippen LogP contribution in [0.5, 0.6) is 0 Å². The van der Waals surface area contributed by atoms with E-state index in [-0.39, 0.29) is 0 Å². The molecule has 120 valence electrons. The number of methoxy groups -OCH3 is 1. The molecule has 1 heterocycles. The summed E-state index contributed by atoms with van der Waals surface area (Å²) in [4.78, 5) is 8.57. The second kappa shape index (κ2) is 8.09. The van der Waals surface area contributed by atoms with Crippen molar-refractivity contribution in [2.45, 2.75) is 13.0 Å². The average Bonchev–Trinajstić information content (AvgIpc) is 2.62. The van der Waals surface area contributed by atoms with Crippen LogP contribution in [0.4, 0.5) is 5.82 Å². The molecule has 0 atom stereocenters. The van der Waals surface area contributed by atoms with Crippen LogP contribution < -0.4 is 5.32 Å². The largest absolute Gasteiger partial charge is 0.380 e. The maximum atomic E-state index is 5.14. The quantitative estimate of drug-likeness (QED) is 0.576. The zero-order chi connectivity index (χ0) is 16.6. The number of rotatable bonds is 5. The first-order valence-electron chi connectivity index (χ1n) is 7.87. The van der Waals surface area contributed by atoms with Gasteiger partial charge in [0.05, 0.1) is 12.1 Å². The summed E-state index contributed by atoms with van der Waals surface area (Å²) in [6.45, 7) is 1.35. The van der Waals surface area contributed by atoms with Crippen molar-refractivity contribution in [3.63, 3.8) is 0 Å². The van der Waals surface area contributed by atoms with Crippen molar-refractivity contribution < 1.29 is 4.74 Å². The van der Waals surface area contributed by atoms with E-state index in [4.69, 9.17) is 4.74 Å². The van der Waals surface area contributed by atoms with E-state index in [1.165, 1.54) is 0 Å². The number of aromatic nitrogens is 2. The Morgan fingerprint density at radius 2 is 2.00 bits per heavy atom. The molecule has 0 saturated carbocycles. The maximum Gasteiger partial charge on any atom is 0.137 e. The van der Waals surface area contributed by atoms with Crippen molar-refractivity contribution in [1.29, 1.82) is 0 Å². The van der Waals surface area contributed by atoms with Gasteiger partial charge in [-0.15, -0.1) is 0 Å². The molecule has 4 heteroatoms. The normalized spacial score (nSPS) is 10.2. The Hall–Kier alpha value is -2.90. The lowest BCUT2D eigenvalue weighted by Crippen LogP contribution is -2.03. The Morgan fingerprint density at radius 1 is 1.08 bits per heavy atom. The molecular weight excluding hydrogens is 298 g/mol. The van der Waals surface area contributed by atoms with Gasteiger partial charge in [0.15, 0.2) is 0 Å². The van der Waals surface area contributed by atoms with E-state index in [0.29, 0.717) is 6.61 Å². The molecule has 4 nitrogen and oxygen atoms in total. The Morgan fingerprint density at radius 3 is 2.92 bits per heavy atom. The first-order valence-corrected chi connectivity index (χ1v) is 7.87. The summed E-state index contributed by atoms with van der Waals surface area (Å²) in [5, 5.41) is 4.36. The molecule has 0 bridgehead atoms. The number of ether oxygens (including phenoxy) is 1. The standard InChI is InChI=1S/C20H19N3O/c1-24-14-17-9-6-8-16(13-17)7-4-5-12-21-20-18-10-2-3-11-19(18)22-15-23-20/h2-3,6,8-11,13,15H,5,12,14H2,1H3,(H,21,22,23). The first kappa shape index (κ1) is 16.0. The fourth-order valence-electron chi connectivity index (χ4n) is 2.46. The third-order valence-electron chi connectivity index (χ3n) is 3.56. The van der Waals surface area contributed by atoms with Gasteiger partial charge in [0.2, 0.25) is 0 Å². The minimum Gasteiger partial charge on any atom is -0.380 e.